The van der Waals surface area contributed by atoms with E-state index < -0.39 is 0 Å². The van der Waals surface area contributed by atoms with Crippen molar-refractivity contribution < 1.29 is 9.53 Å². The van der Waals surface area contributed by atoms with Crippen molar-refractivity contribution >= 4 is 17.5 Å². The Morgan fingerprint density at radius 3 is 2.10 bits per heavy atom. The third kappa shape index (κ3) is 4.71. The summed E-state index contributed by atoms with van der Waals surface area (Å²) in [5.74, 6) is 0.694. The van der Waals surface area contributed by atoms with Gasteiger partial charge in [-0.05, 0) is 51.0 Å². The molecule has 0 heterocycles. The van der Waals surface area contributed by atoms with E-state index in [4.69, 9.17) is 16.3 Å². The van der Waals surface area contributed by atoms with Gasteiger partial charge < -0.3 is 9.64 Å². The lowest BCUT2D eigenvalue weighted by atomic mass is 10.1. The molecule has 0 radical (unpaired) electrons. The summed E-state index contributed by atoms with van der Waals surface area (Å²) in [7, 11) is 0. The number of carbonyl (C=O) groups is 1. The molecule has 20 heavy (non-hydrogen) atoms. The maximum atomic E-state index is 12.4. The first-order chi connectivity index (χ1) is 9.49. The van der Waals surface area contributed by atoms with Gasteiger partial charge in [-0.25, -0.2) is 0 Å². The lowest BCUT2D eigenvalue weighted by Crippen LogP contribution is -2.46. The van der Waals surface area contributed by atoms with Crippen LogP contribution in [0.15, 0.2) is 24.3 Å². The van der Waals surface area contributed by atoms with Crippen LogP contribution >= 0.6 is 11.6 Å². The molecule has 112 valence electrons. The Balaban J connectivity index is 2.64. The molecule has 1 rings (SSSR count). The van der Waals surface area contributed by atoms with Crippen LogP contribution in [0.5, 0.6) is 5.75 Å². The molecule has 0 aliphatic carbocycles. The average Bonchev–Trinajstić information content (AvgIpc) is 2.46. The SMILES string of the molecule is CCC(C)N(C(=O)COc1ccc(Cl)cc1)C(C)CC. The van der Waals surface area contributed by atoms with Crippen molar-refractivity contribution in [1.82, 2.24) is 4.90 Å². The second kappa shape index (κ2) is 8.15. The van der Waals surface area contributed by atoms with Crippen LogP contribution in [-0.4, -0.2) is 29.5 Å². The van der Waals surface area contributed by atoms with Gasteiger partial charge in [-0.15, -0.1) is 0 Å². The Hall–Kier alpha value is -1.22. The molecule has 3 nitrogen and oxygen atoms in total. The Morgan fingerprint density at radius 1 is 1.15 bits per heavy atom. The van der Waals surface area contributed by atoms with Crippen molar-refractivity contribution in [3.8, 4) is 5.75 Å². The van der Waals surface area contributed by atoms with E-state index in [9.17, 15) is 4.79 Å². The number of rotatable bonds is 7. The molecule has 0 saturated heterocycles. The predicted octanol–water partition coefficient (Wildman–Crippen LogP) is 4.14. The molecular weight excluding hydrogens is 274 g/mol. The zero-order chi connectivity index (χ0) is 15.1. The molecule has 0 bridgehead atoms. The molecular formula is C16H24ClNO2. The summed E-state index contributed by atoms with van der Waals surface area (Å²) in [6, 6.07) is 7.50. The molecule has 0 saturated carbocycles. The lowest BCUT2D eigenvalue weighted by molar-refractivity contribution is -0.137. The summed E-state index contributed by atoms with van der Waals surface area (Å²) in [6.45, 7) is 8.40. The van der Waals surface area contributed by atoms with Gasteiger partial charge in [0.05, 0.1) is 0 Å². The number of hydrogen-bond acceptors (Lipinski definition) is 2. The van der Waals surface area contributed by atoms with E-state index in [0.29, 0.717) is 10.8 Å². The summed E-state index contributed by atoms with van der Waals surface area (Å²) >= 11 is 5.81. The van der Waals surface area contributed by atoms with Gasteiger partial charge in [0.15, 0.2) is 6.61 Å². The van der Waals surface area contributed by atoms with Crippen molar-refractivity contribution in [2.45, 2.75) is 52.6 Å². The van der Waals surface area contributed by atoms with Gasteiger partial charge in [0.2, 0.25) is 0 Å². The standard InChI is InChI=1S/C16H24ClNO2/c1-5-12(3)18(13(4)6-2)16(19)11-20-15-9-7-14(17)8-10-15/h7-10,12-13H,5-6,11H2,1-4H3. The van der Waals surface area contributed by atoms with E-state index in [1.54, 1.807) is 24.3 Å². The van der Waals surface area contributed by atoms with Crippen molar-refractivity contribution in [3.63, 3.8) is 0 Å². The highest BCUT2D eigenvalue weighted by atomic mass is 35.5. The smallest absolute Gasteiger partial charge is 0.260 e. The quantitative estimate of drug-likeness (QED) is 0.757. The van der Waals surface area contributed by atoms with Gasteiger partial charge in [-0.2, -0.15) is 0 Å². The molecule has 2 unspecified atom stereocenters. The van der Waals surface area contributed by atoms with Gasteiger partial charge in [0.25, 0.3) is 5.91 Å². The molecule has 1 amide bonds. The van der Waals surface area contributed by atoms with Crippen LogP contribution in [0.3, 0.4) is 0 Å². The lowest BCUT2D eigenvalue weighted by Gasteiger charge is -2.33. The molecule has 0 N–H and O–H groups in total. The minimum absolute atomic E-state index is 0.0312. The fraction of sp³-hybridized carbons (Fsp3) is 0.562. The molecule has 0 fully saturated rings. The molecule has 1 aromatic carbocycles. The summed E-state index contributed by atoms with van der Waals surface area (Å²) < 4.78 is 5.54. The van der Waals surface area contributed by atoms with E-state index in [1.807, 2.05) is 4.90 Å². The third-order valence-corrected chi connectivity index (χ3v) is 3.85. The highest BCUT2D eigenvalue weighted by Gasteiger charge is 2.23. The second-order valence-electron chi connectivity index (χ2n) is 5.06. The van der Waals surface area contributed by atoms with Gasteiger partial charge in [0.1, 0.15) is 5.75 Å². The number of hydrogen-bond donors (Lipinski definition) is 0. The van der Waals surface area contributed by atoms with E-state index >= 15 is 0 Å². The monoisotopic (exact) mass is 297 g/mol. The summed E-state index contributed by atoms with van der Waals surface area (Å²) in [4.78, 5) is 14.3. The largest absolute Gasteiger partial charge is 0.484 e. The van der Waals surface area contributed by atoms with Crippen molar-refractivity contribution in [1.29, 1.82) is 0 Å². The average molecular weight is 298 g/mol. The molecule has 0 aliphatic rings. The first-order valence-corrected chi connectivity index (χ1v) is 7.56. The zero-order valence-corrected chi connectivity index (χ0v) is 13.5. The van der Waals surface area contributed by atoms with Crippen LogP contribution < -0.4 is 4.74 Å². The zero-order valence-electron chi connectivity index (χ0n) is 12.7. The normalized spacial score (nSPS) is 13.7. The first kappa shape index (κ1) is 16.8. The van der Waals surface area contributed by atoms with Crippen LogP contribution in [-0.2, 0) is 4.79 Å². The van der Waals surface area contributed by atoms with Crippen molar-refractivity contribution in [2.75, 3.05) is 6.61 Å². The second-order valence-corrected chi connectivity index (χ2v) is 5.49. The minimum Gasteiger partial charge on any atom is -0.484 e. The maximum Gasteiger partial charge on any atom is 0.260 e. The molecule has 0 spiro atoms. The van der Waals surface area contributed by atoms with Crippen molar-refractivity contribution in [2.24, 2.45) is 0 Å². The van der Waals surface area contributed by atoms with Gasteiger partial charge in [0, 0.05) is 17.1 Å². The van der Waals surface area contributed by atoms with Crippen molar-refractivity contribution in [3.05, 3.63) is 29.3 Å². The summed E-state index contributed by atoms with van der Waals surface area (Å²) in [6.07, 6.45) is 1.88. The molecule has 0 aromatic heterocycles. The Morgan fingerprint density at radius 2 is 1.65 bits per heavy atom. The number of ether oxygens (including phenoxy) is 1. The molecule has 2 atom stereocenters. The summed E-state index contributed by atoms with van der Waals surface area (Å²) in [5.41, 5.74) is 0. The van der Waals surface area contributed by atoms with E-state index in [-0.39, 0.29) is 24.6 Å². The predicted molar refractivity (Wildman–Crippen MR) is 83.3 cm³/mol. The minimum atomic E-state index is 0.0312. The maximum absolute atomic E-state index is 12.4. The van der Waals surface area contributed by atoms with Crippen LogP contribution in [0.25, 0.3) is 0 Å². The summed E-state index contributed by atoms with van der Waals surface area (Å²) in [5, 5.41) is 0.657. The van der Waals surface area contributed by atoms with E-state index in [1.165, 1.54) is 0 Å². The van der Waals surface area contributed by atoms with Crippen LogP contribution in [0.2, 0.25) is 5.02 Å². The first-order valence-electron chi connectivity index (χ1n) is 7.19. The highest BCUT2D eigenvalue weighted by molar-refractivity contribution is 6.30. The van der Waals surface area contributed by atoms with Crippen LogP contribution in [0.4, 0.5) is 0 Å². The van der Waals surface area contributed by atoms with Gasteiger partial charge in [-0.3, -0.25) is 4.79 Å². The Kier molecular flexibility index (Phi) is 6.86. The molecule has 0 aliphatic heterocycles. The number of nitrogens with zero attached hydrogens (tertiary/aromatic N) is 1. The van der Waals surface area contributed by atoms with E-state index in [0.717, 1.165) is 12.8 Å². The third-order valence-electron chi connectivity index (χ3n) is 3.60. The van der Waals surface area contributed by atoms with Gasteiger partial charge in [-0.1, -0.05) is 25.4 Å². The number of amides is 1. The topological polar surface area (TPSA) is 29.5 Å². The fourth-order valence-corrected chi connectivity index (χ4v) is 2.20. The van der Waals surface area contributed by atoms with Crippen LogP contribution in [0.1, 0.15) is 40.5 Å². The number of benzene rings is 1. The Labute approximate surface area is 126 Å². The highest BCUT2D eigenvalue weighted by Crippen LogP contribution is 2.17. The van der Waals surface area contributed by atoms with Crippen LogP contribution in [0, 0.1) is 0 Å². The number of halogens is 1. The Bertz CT molecular complexity index is 409. The van der Waals surface area contributed by atoms with E-state index in [2.05, 4.69) is 27.7 Å². The molecule has 1 aromatic rings. The van der Waals surface area contributed by atoms with Gasteiger partial charge >= 0.3 is 0 Å². The molecule has 4 heteroatoms. The fourth-order valence-electron chi connectivity index (χ4n) is 2.07. The number of carbonyl (C=O) groups excluding carboxylic acids is 1.